The molecule has 0 aromatic heterocycles. The molecule has 0 saturated carbocycles. The summed E-state index contributed by atoms with van der Waals surface area (Å²) in [5, 5.41) is 8.99. The molecular formula is C15H15NO3S2. The summed E-state index contributed by atoms with van der Waals surface area (Å²) in [5.74, 6) is 0.739. The number of benzene rings is 1. The predicted octanol–water partition coefficient (Wildman–Crippen LogP) is 2.81. The van der Waals surface area contributed by atoms with E-state index in [1.807, 2.05) is 23.9 Å². The van der Waals surface area contributed by atoms with E-state index in [1.165, 1.54) is 6.92 Å². The number of fused-ring (bicyclic) bond motifs is 3. The van der Waals surface area contributed by atoms with Gasteiger partial charge in [0.1, 0.15) is 11.5 Å². The fourth-order valence-electron chi connectivity index (χ4n) is 2.57. The number of nitrogens with zero attached hydrogens (tertiary/aromatic N) is 1. The van der Waals surface area contributed by atoms with Crippen LogP contribution in [0.2, 0.25) is 0 Å². The van der Waals surface area contributed by atoms with Crippen LogP contribution in [0.15, 0.2) is 29.2 Å². The van der Waals surface area contributed by atoms with Crippen molar-refractivity contribution < 1.29 is 14.3 Å². The van der Waals surface area contributed by atoms with Crippen LogP contribution in [-0.4, -0.2) is 34.6 Å². The van der Waals surface area contributed by atoms with Crippen LogP contribution in [0.25, 0.3) is 0 Å². The van der Waals surface area contributed by atoms with Gasteiger partial charge in [-0.15, -0.1) is 11.8 Å². The van der Waals surface area contributed by atoms with Crippen LogP contribution in [0.5, 0.6) is 0 Å². The van der Waals surface area contributed by atoms with Crippen molar-refractivity contribution in [2.24, 2.45) is 0 Å². The van der Waals surface area contributed by atoms with Gasteiger partial charge in [-0.2, -0.15) is 5.26 Å². The van der Waals surface area contributed by atoms with Gasteiger partial charge in [0.05, 0.1) is 23.0 Å². The van der Waals surface area contributed by atoms with E-state index in [0.29, 0.717) is 5.56 Å². The minimum atomic E-state index is -0.227. The zero-order chi connectivity index (χ0) is 14.8. The Bertz CT molecular complexity index is 569. The van der Waals surface area contributed by atoms with Gasteiger partial charge in [0.2, 0.25) is 0 Å². The van der Waals surface area contributed by atoms with E-state index in [9.17, 15) is 4.79 Å². The smallest absolute Gasteiger partial charge is 0.302 e. The quantitative estimate of drug-likeness (QED) is 0.798. The van der Waals surface area contributed by atoms with Gasteiger partial charge in [0, 0.05) is 24.0 Å². The summed E-state index contributed by atoms with van der Waals surface area (Å²) in [6, 6.07) is 9.58. The van der Waals surface area contributed by atoms with Crippen molar-refractivity contribution in [1.82, 2.24) is 0 Å². The molecule has 2 bridgehead atoms. The molecule has 21 heavy (non-hydrogen) atoms. The fraction of sp³-hybridized carbons (Fsp3) is 0.467. The summed E-state index contributed by atoms with van der Waals surface area (Å²) >= 11 is 3.46. The van der Waals surface area contributed by atoms with E-state index < -0.39 is 0 Å². The molecule has 2 unspecified atom stereocenters. The summed E-state index contributed by atoms with van der Waals surface area (Å²) < 4.78 is 11.5. The number of hydrogen-bond donors (Lipinski definition) is 0. The third kappa shape index (κ3) is 3.37. The molecule has 3 aliphatic rings. The number of rotatable bonds is 3. The summed E-state index contributed by atoms with van der Waals surface area (Å²) in [7, 11) is 0. The average Bonchev–Trinajstić information content (AvgIpc) is 2.48. The van der Waals surface area contributed by atoms with E-state index in [2.05, 4.69) is 6.07 Å². The maximum absolute atomic E-state index is 11.2. The third-order valence-electron chi connectivity index (χ3n) is 3.48. The zero-order valence-corrected chi connectivity index (χ0v) is 13.2. The highest BCUT2D eigenvalue weighted by atomic mass is 32.2. The number of hydrogen-bond acceptors (Lipinski definition) is 6. The first-order chi connectivity index (χ1) is 10.2. The minimum Gasteiger partial charge on any atom is -0.461 e. The molecule has 4 atom stereocenters. The molecule has 0 spiro atoms. The Labute approximate surface area is 132 Å². The molecule has 6 heteroatoms. The number of esters is 1. The molecule has 3 heterocycles. The van der Waals surface area contributed by atoms with Crippen molar-refractivity contribution in [1.29, 1.82) is 5.26 Å². The number of nitriles is 1. The predicted molar refractivity (Wildman–Crippen MR) is 82.1 cm³/mol. The van der Waals surface area contributed by atoms with Crippen LogP contribution in [0, 0.1) is 11.3 Å². The molecular weight excluding hydrogens is 306 g/mol. The molecule has 110 valence electrons. The molecule has 0 radical (unpaired) electrons. The Kier molecular flexibility index (Phi) is 4.43. The zero-order valence-electron chi connectivity index (χ0n) is 11.5. The Morgan fingerprint density at radius 2 is 2.24 bits per heavy atom. The monoisotopic (exact) mass is 321 g/mol. The Balaban J connectivity index is 1.70. The summed E-state index contributed by atoms with van der Waals surface area (Å²) in [4.78, 5) is 12.3. The van der Waals surface area contributed by atoms with Crippen molar-refractivity contribution >= 4 is 29.5 Å². The van der Waals surface area contributed by atoms with Crippen molar-refractivity contribution in [3.05, 3.63) is 29.8 Å². The molecule has 3 aliphatic heterocycles. The van der Waals surface area contributed by atoms with Crippen LogP contribution in [0.4, 0.5) is 0 Å². The van der Waals surface area contributed by atoms with Crippen molar-refractivity contribution in [3.8, 4) is 6.07 Å². The standard InChI is InChI=1S/C15H15NO3S2/c1-9(17)18-13-6-11-8-20-14(13)15(19-11)21-12-4-2-10(7-16)3-5-12/h2-5,11,13-15H,6,8H2,1H3/t11-,13-,14?,15?/m0/s1. The Hall–Kier alpha value is -1.16. The lowest BCUT2D eigenvalue weighted by atomic mass is 10.1. The van der Waals surface area contributed by atoms with E-state index >= 15 is 0 Å². The molecule has 4 rings (SSSR count). The van der Waals surface area contributed by atoms with Gasteiger partial charge in [-0.05, 0) is 24.3 Å². The van der Waals surface area contributed by atoms with Gasteiger partial charge in [-0.3, -0.25) is 4.79 Å². The van der Waals surface area contributed by atoms with Gasteiger partial charge in [0.15, 0.2) is 0 Å². The molecule has 1 aromatic carbocycles. The molecule has 0 aliphatic carbocycles. The first kappa shape index (κ1) is 14.8. The van der Waals surface area contributed by atoms with Gasteiger partial charge in [-0.1, -0.05) is 11.8 Å². The molecule has 0 amide bonds. The average molecular weight is 321 g/mol. The van der Waals surface area contributed by atoms with E-state index in [1.54, 1.807) is 23.9 Å². The lowest BCUT2D eigenvalue weighted by Gasteiger charge is -2.45. The second-order valence-corrected chi connectivity index (χ2v) is 7.44. The van der Waals surface area contributed by atoms with Crippen LogP contribution < -0.4 is 0 Å². The lowest BCUT2D eigenvalue weighted by Crippen LogP contribution is -2.52. The van der Waals surface area contributed by atoms with Crippen molar-refractivity contribution in [2.75, 3.05) is 5.75 Å². The Morgan fingerprint density at radius 3 is 2.86 bits per heavy atom. The molecule has 3 saturated heterocycles. The second kappa shape index (κ2) is 6.30. The highest BCUT2D eigenvalue weighted by Gasteiger charge is 2.46. The Morgan fingerprint density at radius 1 is 1.48 bits per heavy atom. The number of ether oxygens (including phenoxy) is 2. The summed E-state index contributed by atoms with van der Waals surface area (Å²) in [5.41, 5.74) is 0.636. The molecule has 3 fully saturated rings. The van der Waals surface area contributed by atoms with Crippen LogP contribution in [-0.2, 0) is 14.3 Å². The lowest BCUT2D eigenvalue weighted by molar-refractivity contribution is -0.153. The fourth-order valence-corrected chi connectivity index (χ4v) is 5.31. The van der Waals surface area contributed by atoms with Gasteiger partial charge < -0.3 is 9.47 Å². The minimum absolute atomic E-state index is 0.0141. The first-order valence-electron chi connectivity index (χ1n) is 6.77. The SMILES string of the molecule is CC(=O)O[C@H]1C[C@H]2CSC1C(Sc1ccc(C#N)cc1)O2. The first-order valence-corrected chi connectivity index (χ1v) is 8.69. The maximum Gasteiger partial charge on any atom is 0.302 e. The van der Waals surface area contributed by atoms with Crippen LogP contribution in [0.3, 0.4) is 0 Å². The van der Waals surface area contributed by atoms with E-state index in [4.69, 9.17) is 14.7 Å². The molecule has 0 N–H and O–H groups in total. The van der Waals surface area contributed by atoms with E-state index in [-0.39, 0.29) is 28.9 Å². The largest absolute Gasteiger partial charge is 0.461 e. The summed E-state index contributed by atoms with van der Waals surface area (Å²) in [6.07, 6.45) is 0.887. The molecule has 1 aromatic rings. The summed E-state index contributed by atoms with van der Waals surface area (Å²) in [6.45, 7) is 1.45. The molecule has 4 nitrogen and oxygen atoms in total. The van der Waals surface area contributed by atoms with Gasteiger partial charge >= 0.3 is 5.97 Å². The topological polar surface area (TPSA) is 59.3 Å². The van der Waals surface area contributed by atoms with Crippen LogP contribution >= 0.6 is 23.5 Å². The number of carbonyl (C=O) groups excluding carboxylic acids is 1. The van der Waals surface area contributed by atoms with E-state index in [0.717, 1.165) is 17.1 Å². The highest BCUT2D eigenvalue weighted by molar-refractivity contribution is 8.03. The third-order valence-corrected chi connectivity index (χ3v) is 6.34. The van der Waals surface area contributed by atoms with Gasteiger partial charge in [-0.25, -0.2) is 0 Å². The van der Waals surface area contributed by atoms with Crippen molar-refractivity contribution in [3.63, 3.8) is 0 Å². The van der Waals surface area contributed by atoms with Crippen LogP contribution in [0.1, 0.15) is 18.9 Å². The van der Waals surface area contributed by atoms with Crippen molar-refractivity contribution in [2.45, 2.75) is 41.1 Å². The number of carbonyl (C=O) groups is 1. The normalized spacial score (nSPS) is 30.7. The highest BCUT2D eigenvalue weighted by Crippen LogP contribution is 2.45. The number of thioether (sulfide) groups is 2. The van der Waals surface area contributed by atoms with Gasteiger partial charge in [0.25, 0.3) is 0 Å². The second-order valence-electron chi connectivity index (χ2n) is 5.06. The maximum atomic E-state index is 11.2.